The van der Waals surface area contributed by atoms with E-state index in [0.717, 1.165) is 6.42 Å². The molecule has 0 spiro atoms. The van der Waals surface area contributed by atoms with E-state index in [4.69, 9.17) is 0 Å². The molecule has 2 amide bonds. The van der Waals surface area contributed by atoms with Crippen LogP contribution in [0.15, 0.2) is 24.3 Å². The Balaban J connectivity index is 1.77. The maximum Gasteiger partial charge on any atom is 0.238 e. The summed E-state index contributed by atoms with van der Waals surface area (Å²) in [6.45, 7) is 0. The van der Waals surface area contributed by atoms with E-state index in [2.05, 4.69) is 31.9 Å². The number of phenols is 1. The molecule has 6 atom stereocenters. The van der Waals surface area contributed by atoms with Gasteiger partial charge in [-0.3, -0.25) is 9.59 Å². The van der Waals surface area contributed by atoms with E-state index in [9.17, 15) is 14.7 Å². The molecule has 6 heteroatoms. The van der Waals surface area contributed by atoms with Gasteiger partial charge in [0.1, 0.15) is 5.75 Å². The summed E-state index contributed by atoms with van der Waals surface area (Å²) >= 11 is 7.31. The van der Waals surface area contributed by atoms with Gasteiger partial charge in [0.25, 0.3) is 0 Å². The summed E-state index contributed by atoms with van der Waals surface area (Å²) in [7, 11) is 0. The van der Waals surface area contributed by atoms with Gasteiger partial charge in [0, 0.05) is 9.65 Å². The molecule has 3 aliphatic rings. The van der Waals surface area contributed by atoms with Crippen LogP contribution in [0.5, 0.6) is 5.75 Å². The number of alkyl halides is 2. The molecule has 1 heterocycles. The van der Waals surface area contributed by atoms with Gasteiger partial charge < -0.3 is 5.11 Å². The molecule has 2 saturated carbocycles. The van der Waals surface area contributed by atoms with E-state index >= 15 is 0 Å². The molecule has 4 rings (SSSR count). The number of rotatable bonds is 1. The number of imide groups is 1. The van der Waals surface area contributed by atoms with Crippen LogP contribution in [0.2, 0.25) is 0 Å². The lowest BCUT2D eigenvalue weighted by Crippen LogP contribution is -2.37. The molecule has 1 aromatic rings. The second-order valence-electron chi connectivity index (χ2n) is 6.00. The normalized spacial score (nSPS) is 41.0. The highest BCUT2D eigenvalue weighted by Crippen LogP contribution is 2.60. The van der Waals surface area contributed by atoms with Crippen molar-refractivity contribution in [3.8, 4) is 5.75 Å². The lowest BCUT2D eigenvalue weighted by atomic mass is 9.81. The largest absolute Gasteiger partial charge is 0.506 e. The fraction of sp³-hybridized carbons (Fsp3) is 0.467. The smallest absolute Gasteiger partial charge is 0.238 e. The number of carbonyl (C=O) groups is 2. The van der Waals surface area contributed by atoms with Crippen LogP contribution < -0.4 is 4.90 Å². The maximum atomic E-state index is 12.7. The van der Waals surface area contributed by atoms with Crippen molar-refractivity contribution in [2.75, 3.05) is 4.90 Å². The monoisotopic (exact) mass is 413 g/mol. The Kier molecular flexibility index (Phi) is 2.99. The number of benzene rings is 1. The molecule has 1 saturated heterocycles. The van der Waals surface area contributed by atoms with Gasteiger partial charge in [-0.15, -0.1) is 0 Å². The number of nitrogens with zero attached hydrogens (tertiary/aromatic N) is 1. The fourth-order valence-electron chi connectivity index (χ4n) is 4.24. The lowest BCUT2D eigenvalue weighted by molar-refractivity contribution is -0.123. The third-order valence-electron chi connectivity index (χ3n) is 5.11. The van der Waals surface area contributed by atoms with Crippen molar-refractivity contribution in [1.29, 1.82) is 0 Å². The molecule has 0 radical (unpaired) electrons. The van der Waals surface area contributed by atoms with E-state index in [1.165, 1.54) is 11.0 Å². The number of anilines is 1. The van der Waals surface area contributed by atoms with Crippen molar-refractivity contribution >= 4 is 49.4 Å². The number of hydrogen-bond acceptors (Lipinski definition) is 3. The van der Waals surface area contributed by atoms with Gasteiger partial charge in [0.2, 0.25) is 11.8 Å². The van der Waals surface area contributed by atoms with Gasteiger partial charge in [-0.2, -0.15) is 0 Å². The van der Waals surface area contributed by atoms with Crippen LogP contribution in [0.25, 0.3) is 0 Å². The summed E-state index contributed by atoms with van der Waals surface area (Å²) in [5.41, 5.74) is 0.304. The molecule has 21 heavy (non-hydrogen) atoms. The Bertz CT molecular complexity index is 618. The summed E-state index contributed by atoms with van der Waals surface area (Å²) < 4.78 is 0. The zero-order valence-electron chi connectivity index (χ0n) is 10.9. The van der Waals surface area contributed by atoms with Gasteiger partial charge >= 0.3 is 0 Å². The van der Waals surface area contributed by atoms with Gasteiger partial charge in [0.05, 0.1) is 17.5 Å². The van der Waals surface area contributed by atoms with Gasteiger partial charge in [-0.05, 0) is 30.4 Å². The number of carbonyl (C=O) groups excluding carboxylic acids is 2. The first-order chi connectivity index (χ1) is 10.0. The quantitative estimate of drug-likeness (QED) is 0.567. The maximum absolute atomic E-state index is 12.7. The Morgan fingerprint density at radius 1 is 1.00 bits per heavy atom. The molecule has 2 aliphatic carbocycles. The predicted molar refractivity (Wildman–Crippen MR) is 84.6 cm³/mol. The highest BCUT2D eigenvalue weighted by molar-refractivity contribution is 9.12. The fourth-order valence-corrected chi connectivity index (χ4v) is 6.11. The van der Waals surface area contributed by atoms with E-state index in [0.29, 0.717) is 5.69 Å². The van der Waals surface area contributed by atoms with Gasteiger partial charge in [0.15, 0.2) is 0 Å². The van der Waals surface area contributed by atoms with Crippen LogP contribution >= 0.6 is 31.9 Å². The number of hydrogen-bond donors (Lipinski definition) is 1. The molecule has 110 valence electrons. The van der Waals surface area contributed by atoms with Crippen molar-refractivity contribution in [2.24, 2.45) is 23.7 Å². The Morgan fingerprint density at radius 3 is 2.05 bits per heavy atom. The summed E-state index contributed by atoms with van der Waals surface area (Å²) in [4.78, 5) is 27.1. The molecule has 1 N–H and O–H groups in total. The Morgan fingerprint density at radius 2 is 1.52 bits per heavy atom. The molecule has 1 aromatic carbocycles. The summed E-state index contributed by atoms with van der Waals surface area (Å²) in [5.74, 6) is -0.475. The number of amides is 2. The second-order valence-corrected chi connectivity index (χ2v) is 8.12. The average molecular weight is 415 g/mol. The van der Waals surface area contributed by atoms with Crippen molar-refractivity contribution in [3.63, 3.8) is 0 Å². The molecular weight excluding hydrogens is 402 g/mol. The molecule has 3 fully saturated rings. The number of aromatic hydroxyl groups is 1. The van der Waals surface area contributed by atoms with Crippen LogP contribution in [0.1, 0.15) is 6.42 Å². The summed E-state index contributed by atoms with van der Waals surface area (Å²) in [6, 6.07) is 6.51. The van der Waals surface area contributed by atoms with Crippen LogP contribution in [0, 0.1) is 23.7 Å². The third kappa shape index (κ3) is 1.66. The first kappa shape index (κ1) is 13.8. The van der Waals surface area contributed by atoms with Crippen molar-refractivity contribution in [2.45, 2.75) is 16.1 Å². The van der Waals surface area contributed by atoms with Crippen LogP contribution in [0.4, 0.5) is 5.69 Å². The van der Waals surface area contributed by atoms with Crippen molar-refractivity contribution < 1.29 is 14.7 Å². The Labute approximate surface area is 138 Å². The zero-order valence-corrected chi connectivity index (χ0v) is 14.1. The molecule has 2 bridgehead atoms. The van der Waals surface area contributed by atoms with Gasteiger partial charge in [-0.25, -0.2) is 4.90 Å². The van der Waals surface area contributed by atoms with E-state index in [-0.39, 0.29) is 50.9 Å². The van der Waals surface area contributed by atoms with E-state index < -0.39 is 0 Å². The first-order valence-electron chi connectivity index (χ1n) is 6.96. The predicted octanol–water partition coefficient (Wildman–Crippen LogP) is 2.67. The second kappa shape index (κ2) is 4.56. The molecule has 0 aromatic heterocycles. The minimum Gasteiger partial charge on any atom is -0.506 e. The van der Waals surface area contributed by atoms with Crippen molar-refractivity contribution in [1.82, 2.24) is 0 Å². The molecule has 4 nitrogen and oxygen atoms in total. The standard InChI is InChI=1S/C15H13Br2NO3/c16-12-6-5-7(13(12)17)11-10(6)14(20)18(15(11)21)8-3-1-2-4-9(8)19/h1-4,6-7,10-13,19H,5H2/t6-,7+,10-,11-,12+,13-/m0/s1. The van der Waals surface area contributed by atoms with Gasteiger partial charge in [-0.1, -0.05) is 44.0 Å². The average Bonchev–Trinajstić information content (AvgIpc) is 3.06. The lowest BCUT2D eigenvalue weighted by Gasteiger charge is -2.28. The number of fused-ring (bicyclic) bond motifs is 5. The highest BCUT2D eigenvalue weighted by Gasteiger charge is 2.66. The Hall–Kier alpha value is -0.880. The van der Waals surface area contributed by atoms with Crippen LogP contribution in [-0.2, 0) is 9.59 Å². The number of phenolic OH excluding ortho intramolecular Hbond substituents is 1. The zero-order chi connectivity index (χ0) is 14.9. The molecule has 1 aliphatic heterocycles. The van der Waals surface area contributed by atoms with Crippen LogP contribution in [0.3, 0.4) is 0 Å². The minimum atomic E-state index is -0.250. The SMILES string of the molecule is O=C1[C@H]2[C@@H]3C[C@@H]([C@H](Br)[C@@H]3Br)[C@@H]2C(=O)N1c1ccccc1O. The first-order valence-corrected chi connectivity index (χ1v) is 8.79. The highest BCUT2D eigenvalue weighted by atomic mass is 79.9. The molecular formula is C15H13Br2NO3. The third-order valence-corrected chi connectivity index (χ3v) is 8.32. The van der Waals surface area contributed by atoms with Crippen molar-refractivity contribution in [3.05, 3.63) is 24.3 Å². The van der Waals surface area contributed by atoms with Crippen LogP contribution in [-0.4, -0.2) is 26.6 Å². The molecule has 0 unspecified atom stereocenters. The summed E-state index contributed by atoms with van der Waals surface area (Å²) in [6.07, 6.45) is 0.910. The number of halogens is 2. The topological polar surface area (TPSA) is 57.6 Å². The number of para-hydroxylation sites is 2. The minimum absolute atomic E-state index is 0.0303. The van der Waals surface area contributed by atoms with E-state index in [1.807, 2.05) is 0 Å². The van der Waals surface area contributed by atoms with E-state index in [1.54, 1.807) is 18.2 Å². The summed E-state index contributed by atoms with van der Waals surface area (Å²) in [5, 5.41) is 9.96.